The SMILES string of the molecule is O=C(S)C(C1CCCCC1)C(O)(C(=O)O)C1CCCCC1. The fraction of sp³-hybridized carbons (Fsp3) is 0.875. The van der Waals surface area contributed by atoms with Gasteiger partial charge in [-0.3, -0.25) is 4.79 Å². The van der Waals surface area contributed by atoms with Gasteiger partial charge < -0.3 is 10.2 Å². The van der Waals surface area contributed by atoms with Gasteiger partial charge in [0.25, 0.3) is 0 Å². The van der Waals surface area contributed by atoms with E-state index < -0.39 is 22.6 Å². The third-order valence-corrected chi connectivity index (χ3v) is 5.71. The van der Waals surface area contributed by atoms with Crippen LogP contribution in [0.15, 0.2) is 0 Å². The summed E-state index contributed by atoms with van der Waals surface area (Å²) in [6.07, 6.45) is 9.08. The number of carbonyl (C=O) groups is 2. The number of aliphatic carboxylic acids is 1. The van der Waals surface area contributed by atoms with Gasteiger partial charge in [0.1, 0.15) is 0 Å². The van der Waals surface area contributed by atoms with E-state index in [0.717, 1.165) is 51.4 Å². The second-order valence-corrected chi connectivity index (χ2v) is 7.12. The Morgan fingerprint density at radius 2 is 1.43 bits per heavy atom. The highest BCUT2D eigenvalue weighted by atomic mass is 32.1. The lowest BCUT2D eigenvalue weighted by molar-refractivity contribution is -0.181. The van der Waals surface area contributed by atoms with Crippen molar-refractivity contribution in [2.24, 2.45) is 17.8 Å². The fourth-order valence-electron chi connectivity index (χ4n) is 4.32. The Kier molecular flexibility index (Phi) is 5.72. The minimum atomic E-state index is -1.94. The number of carboxylic acids is 1. The largest absolute Gasteiger partial charge is 0.479 e. The van der Waals surface area contributed by atoms with E-state index in [1.807, 2.05) is 0 Å². The van der Waals surface area contributed by atoms with Crippen LogP contribution in [0.1, 0.15) is 64.2 Å². The second kappa shape index (κ2) is 7.14. The van der Waals surface area contributed by atoms with Gasteiger partial charge in [0.15, 0.2) is 10.7 Å². The molecule has 0 radical (unpaired) electrons. The number of aliphatic hydroxyl groups is 1. The standard InChI is InChI=1S/C16H26O4S/c17-14(21)13(11-7-3-1-4-8-11)16(20,15(18)19)12-9-5-2-6-10-12/h11-13,20H,1-10H2,(H,17,21)(H,18,19). The van der Waals surface area contributed by atoms with Crippen LogP contribution >= 0.6 is 12.6 Å². The quantitative estimate of drug-likeness (QED) is 0.682. The minimum absolute atomic E-state index is 0.0493. The lowest BCUT2D eigenvalue weighted by atomic mass is 9.64. The molecule has 0 saturated heterocycles. The zero-order valence-electron chi connectivity index (χ0n) is 12.5. The van der Waals surface area contributed by atoms with Crippen molar-refractivity contribution in [3.05, 3.63) is 0 Å². The van der Waals surface area contributed by atoms with Gasteiger partial charge in [-0.1, -0.05) is 38.5 Å². The molecule has 2 aliphatic carbocycles. The smallest absolute Gasteiger partial charge is 0.336 e. The van der Waals surface area contributed by atoms with Crippen LogP contribution in [0.2, 0.25) is 0 Å². The lowest BCUT2D eigenvalue weighted by Crippen LogP contribution is -2.57. The van der Waals surface area contributed by atoms with Gasteiger partial charge in [-0.25, -0.2) is 4.79 Å². The Morgan fingerprint density at radius 3 is 1.86 bits per heavy atom. The van der Waals surface area contributed by atoms with Crippen LogP contribution in [0.25, 0.3) is 0 Å². The predicted molar refractivity (Wildman–Crippen MR) is 83.2 cm³/mol. The molecule has 0 aromatic rings. The first-order valence-corrected chi connectivity index (χ1v) is 8.61. The molecule has 2 fully saturated rings. The Morgan fingerprint density at radius 1 is 0.952 bits per heavy atom. The molecule has 0 aliphatic heterocycles. The predicted octanol–water partition coefficient (Wildman–Crippen LogP) is 3.04. The summed E-state index contributed by atoms with van der Waals surface area (Å²) in [5.41, 5.74) is -1.94. The van der Waals surface area contributed by atoms with Gasteiger partial charge in [-0.15, -0.1) is 12.6 Å². The minimum Gasteiger partial charge on any atom is -0.479 e. The molecular weight excluding hydrogens is 288 g/mol. The number of rotatable bonds is 5. The normalized spacial score (nSPS) is 26.0. The molecule has 2 N–H and O–H groups in total. The van der Waals surface area contributed by atoms with E-state index in [2.05, 4.69) is 12.6 Å². The summed E-state index contributed by atoms with van der Waals surface area (Å²) in [6, 6.07) is 0. The first-order chi connectivity index (χ1) is 9.98. The highest BCUT2D eigenvalue weighted by Crippen LogP contribution is 2.44. The Hall–Kier alpha value is -0.550. The first kappa shape index (κ1) is 16.8. The van der Waals surface area contributed by atoms with E-state index in [1.54, 1.807) is 0 Å². The topological polar surface area (TPSA) is 74.6 Å². The average Bonchev–Trinajstić information content (AvgIpc) is 2.48. The van der Waals surface area contributed by atoms with Gasteiger partial charge in [-0.2, -0.15) is 0 Å². The number of hydrogen-bond acceptors (Lipinski definition) is 3. The van der Waals surface area contributed by atoms with E-state index in [-0.39, 0.29) is 11.8 Å². The van der Waals surface area contributed by atoms with Crippen molar-refractivity contribution in [1.29, 1.82) is 0 Å². The third-order valence-electron chi connectivity index (χ3n) is 5.43. The van der Waals surface area contributed by atoms with Gasteiger partial charge in [0, 0.05) is 0 Å². The van der Waals surface area contributed by atoms with E-state index in [0.29, 0.717) is 12.8 Å². The Balaban J connectivity index is 2.30. The summed E-state index contributed by atoms with van der Waals surface area (Å²) < 4.78 is 0. The van der Waals surface area contributed by atoms with Crippen molar-refractivity contribution in [2.75, 3.05) is 0 Å². The van der Waals surface area contributed by atoms with Gasteiger partial charge in [0.05, 0.1) is 5.92 Å². The van der Waals surface area contributed by atoms with Crippen molar-refractivity contribution < 1.29 is 19.8 Å². The van der Waals surface area contributed by atoms with Crippen LogP contribution in [-0.4, -0.2) is 26.9 Å². The first-order valence-electron chi connectivity index (χ1n) is 8.16. The van der Waals surface area contributed by atoms with Crippen molar-refractivity contribution in [2.45, 2.75) is 69.8 Å². The zero-order valence-corrected chi connectivity index (χ0v) is 13.4. The monoisotopic (exact) mass is 314 g/mol. The third kappa shape index (κ3) is 3.45. The molecule has 0 spiro atoms. The number of thiol groups is 1. The molecule has 4 nitrogen and oxygen atoms in total. The second-order valence-electron chi connectivity index (χ2n) is 6.68. The van der Waals surface area contributed by atoms with Crippen LogP contribution in [0.5, 0.6) is 0 Å². The van der Waals surface area contributed by atoms with Gasteiger partial charge >= 0.3 is 5.97 Å². The van der Waals surface area contributed by atoms with Crippen molar-refractivity contribution in [3.63, 3.8) is 0 Å². The van der Waals surface area contributed by atoms with Gasteiger partial charge in [0.2, 0.25) is 0 Å². The molecule has 21 heavy (non-hydrogen) atoms. The van der Waals surface area contributed by atoms with E-state index in [9.17, 15) is 19.8 Å². The summed E-state index contributed by atoms with van der Waals surface area (Å²) in [4.78, 5) is 24.0. The summed E-state index contributed by atoms with van der Waals surface area (Å²) >= 11 is 3.95. The van der Waals surface area contributed by atoms with Crippen LogP contribution in [0.3, 0.4) is 0 Å². The molecule has 2 atom stereocenters. The maximum absolute atomic E-state index is 12.1. The van der Waals surface area contributed by atoms with Crippen LogP contribution in [0, 0.1) is 17.8 Å². The summed E-state index contributed by atoms with van der Waals surface area (Å²) in [5.74, 6) is -2.49. The highest BCUT2D eigenvalue weighted by molar-refractivity contribution is 7.96. The van der Waals surface area contributed by atoms with Gasteiger partial charge in [-0.05, 0) is 37.5 Å². The summed E-state index contributed by atoms with van der Waals surface area (Å²) in [6.45, 7) is 0. The van der Waals surface area contributed by atoms with Crippen molar-refractivity contribution in [3.8, 4) is 0 Å². The van der Waals surface area contributed by atoms with Crippen LogP contribution in [-0.2, 0) is 9.59 Å². The molecule has 0 bridgehead atoms. The lowest BCUT2D eigenvalue weighted by Gasteiger charge is -2.43. The number of carboxylic acid groups (broad SMARTS) is 1. The molecule has 0 aromatic heterocycles. The summed E-state index contributed by atoms with van der Waals surface area (Å²) in [5, 5.41) is 20.3. The zero-order chi connectivity index (χ0) is 15.5. The summed E-state index contributed by atoms with van der Waals surface area (Å²) in [7, 11) is 0. The number of hydrogen-bond donors (Lipinski definition) is 3. The Bertz CT molecular complexity index is 386. The molecule has 120 valence electrons. The maximum Gasteiger partial charge on any atom is 0.336 e. The van der Waals surface area contributed by atoms with E-state index in [1.165, 1.54) is 0 Å². The molecule has 5 heteroatoms. The fourth-order valence-corrected chi connectivity index (χ4v) is 4.73. The molecule has 0 heterocycles. The molecule has 2 unspecified atom stereocenters. The maximum atomic E-state index is 12.1. The van der Waals surface area contributed by atoms with Crippen molar-refractivity contribution >= 4 is 23.7 Å². The van der Waals surface area contributed by atoms with Crippen LogP contribution < -0.4 is 0 Å². The number of carbonyl (C=O) groups excluding carboxylic acids is 1. The van der Waals surface area contributed by atoms with E-state index in [4.69, 9.17) is 0 Å². The molecule has 2 saturated carbocycles. The van der Waals surface area contributed by atoms with Crippen molar-refractivity contribution in [1.82, 2.24) is 0 Å². The average molecular weight is 314 g/mol. The van der Waals surface area contributed by atoms with Crippen LogP contribution in [0.4, 0.5) is 0 Å². The molecular formula is C16H26O4S. The molecule has 2 aliphatic rings. The highest BCUT2D eigenvalue weighted by Gasteiger charge is 2.55. The molecule has 0 aromatic carbocycles. The van der Waals surface area contributed by atoms with E-state index >= 15 is 0 Å². The molecule has 2 rings (SSSR count). The molecule has 0 amide bonds. The Labute approximate surface area is 131 Å².